The quantitative estimate of drug-likeness (QED) is 0.577. The van der Waals surface area contributed by atoms with Gasteiger partial charge in [-0.2, -0.15) is 0 Å². The molecule has 0 unspecified atom stereocenters. The molecule has 0 spiro atoms. The summed E-state index contributed by atoms with van der Waals surface area (Å²) < 4.78 is 19.2. The zero-order chi connectivity index (χ0) is 20.1. The molecule has 3 rings (SSSR count). The van der Waals surface area contributed by atoms with Crippen LogP contribution in [-0.4, -0.2) is 17.3 Å². The summed E-state index contributed by atoms with van der Waals surface area (Å²) >= 11 is 5.61. The van der Waals surface area contributed by atoms with E-state index in [1.165, 1.54) is 6.07 Å². The molecule has 0 aromatic heterocycles. The van der Waals surface area contributed by atoms with Crippen LogP contribution in [0.5, 0.6) is 11.5 Å². The number of phenolic OH excluding ortho intramolecular Hbond substituents is 1. The van der Waals surface area contributed by atoms with Gasteiger partial charge in [-0.1, -0.05) is 30.3 Å². The van der Waals surface area contributed by atoms with Crippen LogP contribution >= 0.6 is 12.2 Å². The van der Waals surface area contributed by atoms with Crippen LogP contribution in [0.25, 0.3) is 0 Å². The molecule has 0 radical (unpaired) electrons. The average Bonchev–Trinajstić information content (AvgIpc) is 2.70. The number of nitrogens with one attached hydrogen (secondary N) is 1. The maximum Gasteiger partial charge on any atom is 0.178 e. The van der Waals surface area contributed by atoms with Crippen molar-refractivity contribution in [2.75, 3.05) is 17.3 Å². The molecule has 0 aliphatic rings. The largest absolute Gasteiger partial charge is 0.508 e. The van der Waals surface area contributed by atoms with Crippen molar-refractivity contribution in [3.63, 3.8) is 0 Å². The standard InChI is InChI=1S/C22H21FN2O2S/c1-15-10-11-17(12-20(15)23)24-22(28)25(14-16-6-3-4-9-21(16)26)18-7-5-8-19(13-18)27-2/h3-13,26H,14H2,1-2H3,(H,24,28). The number of aromatic hydroxyl groups is 1. The van der Waals surface area contributed by atoms with Gasteiger partial charge < -0.3 is 20.1 Å². The lowest BCUT2D eigenvalue weighted by Crippen LogP contribution is -2.34. The minimum absolute atomic E-state index is 0.180. The molecule has 0 atom stereocenters. The van der Waals surface area contributed by atoms with Gasteiger partial charge in [0.1, 0.15) is 17.3 Å². The van der Waals surface area contributed by atoms with Crippen molar-refractivity contribution >= 4 is 28.7 Å². The van der Waals surface area contributed by atoms with E-state index in [0.717, 1.165) is 5.69 Å². The van der Waals surface area contributed by atoms with E-state index in [9.17, 15) is 9.50 Å². The predicted octanol–water partition coefficient (Wildman–Crippen LogP) is 5.25. The second-order valence-electron chi connectivity index (χ2n) is 6.31. The number of benzene rings is 3. The Kier molecular flexibility index (Phi) is 6.11. The second-order valence-corrected chi connectivity index (χ2v) is 6.70. The zero-order valence-corrected chi connectivity index (χ0v) is 16.5. The predicted molar refractivity (Wildman–Crippen MR) is 115 cm³/mol. The highest BCUT2D eigenvalue weighted by molar-refractivity contribution is 7.80. The van der Waals surface area contributed by atoms with Crippen molar-refractivity contribution in [2.24, 2.45) is 0 Å². The number of halogens is 1. The number of methoxy groups -OCH3 is 1. The normalized spacial score (nSPS) is 10.4. The molecule has 0 heterocycles. The van der Waals surface area contributed by atoms with Gasteiger partial charge >= 0.3 is 0 Å². The van der Waals surface area contributed by atoms with E-state index in [4.69, 9.17) is 17.0 Å². The Morgan fingerprint density at radius 3 is 2.61 bits per heavy atom. The van der Waals surface area contributed by atoms with Crippen LogP contribution < -0.4 is 15.0 Å². The van der Waals surface area contributed by atoms with Gasteiger partial charge in [-0.25, -0.2) is 4.39 Å². The van der Waals surface area contributed by atoms with E-state index in [1.807, 2.05) is 41.3 Å². The Hall–Kier alpha value is -3.12. The van der Waals surface area contributed by atoms with Crippen LogP contribution in [-0.2, 0) is 6.54 Å². The van der Waals surface area contributed by atoms with Crippen LogP contribution in [0.4, 0.5) is 15.8 Å². The lowest BCUT2D eigenvalue weighted by molar-refractivity contribution is 0.415. The fraction of sp³-hybridized carbons (Fsp3) is 0.136. The molecule has 0 saturated heterocycles. The van der Waals surface area contributed by atoms with E-state index in [-0.39, 0.29) is 11.6 Å². The number of hydrogen-bond donors (Lipinski definition) is 2. The van der Waals surface area contributed by atoms with Crippen molar-refractivity contribution in [1.82, 2.24) is 0 Å². The fourth-order valence-electron chi connectivity index (χ4n) is 2.74. The van der Waals surface area contributed by atoms with Crippen LogP contribution in [0.3, 0.4) is 0 Å². The third kappa shape index (κ3) is 4.58. The molecule has 3 aromatic rings. The Labute approximate surface area is 169 Å². The van der Waals surface area contributed by atoms with E-state index in [2.05, 4.69) is 5.32 Å². The first kappa shape index (κ1) is 19.6. The molecule has 0 bridgehead atoms. The number of aryl methyl sites for hydroxylation is 1. The number of ether oxygens (including phenoxy) is 1. The van der Waals surface area contributed by atoms with Crippen molar-refractivity contribution in [2.45, 2.75) is 13.5 Å². The Balaban J connectivity index is 1.93. The number of anilines is 2. The number of nitrogens with zero attached hydrogens (tertiary/aromatic N) is 1. The summed E-state index contributed by atoms with van der Waals surface area (Å²) in [6.07, 6.45) is 0. The van der Waals surface area contributed by atoms with Crippen LogP contribution in [0, 0.1) is 12.7 Å². The first-order chi connectivity index (χ1) is 13.5. The van der Waals surface area contributed by atoms with Crippen LogP contribution in [0.2, 0.25) is 0 Å². The summed E-state index contributed by atoms with van der Waals surface area (Å²) in [4.78, 5) is 1.82. The van der Waals surface area contributed by atoms with Crippen molar-refractivity contribution in [3.05, 3.63) is 83.7 Å². The molecule has 2 N–H and O–H groups in total. The van der Waals surface area contributed by atoms with Gasteiger partial charge in [0, 0.05) is 23.0 Å². The van der Waals surface area contributed by atoms with E-state index in [1.54, 1.807) is 38.3 Å². The number of hydrogen-bond acceptors (Lipinski definition) is 3. The minimum atomic E-state index is -0.304. The summed E-state index contributed by atoms with van der Waals surface area (Å²) in [7, 11) is 1.60. The Morgan fingerprint density at radius 2 is 1.89 bits per heavy atom. The number of phenols is 1. The molecule has 0 fully saturated rings. The van der Waals surface area contributed by atoms with Crippen LogP contribution in [0.1, 0.15) is 11.1 Å². The van der Waals surface area contributed by atoms with Gasteiger partial charge in [-0.15, -0.1) is 0 Å². The fourth-order valence-corrected chi connectivity index (χ4v) is 3.02. The van der Waals surface area contributed by atoms with Crippen molar-refractivity contribution in [3.8, 4) is 11.5 Å². The highest BCUT2D eigenvalue weighted by Crippen LogP contribution is 2.26. The van der Waals surface area contributed by atoms with E-state index < -0.39 is 0 Å². The van der Waals surface area contributed by atoms with E-state index in [0.29, 0.717) is 34.2 Å². The van der Waals surface area contributed by atoms with Crippen molar-refractivity contribution < 1.29 is 14.2 Å². The highest BCUT2D eigenvalue weighted by atomic mass is 32.1. The lowest BCUT2D eigenvalue weighted by atomic mass is 10.1. The monoisotopic (exact) mass is 396 g/mol. The summed E-state index contributed by atoms with van der Waals surface area (Å²) in [6, 6.07) is 19.4. The molecule has 0 aliphatic carbocycles. The molecule has 28 heavy (non-hydrogen) atoms. The molecule has 6 heteroatoms. The second kappa shape index (κ2) is 8.71. The number of rotatable bonds is 5. The summed E-state index contributed by atoms with van der Waals surface area (Å²) in [5.74, 6) is 0.560. The third-order valence-electron chi connectivity index (χ3n) is 4.35. The highest BCUT2D eigenvalue weighted by Gasteiger charge is 2.16. The molecule has 0 saturated carbocycles. The molecule has 144 valence electrons. The van der Waals surface area contributed by atoms with Gasteiger partial charge in [0.2, 0.25) is 0 Å². The van der Waals surface area contributed by atoms with Crippen LogP contribution in [0.15, 0.2) is 66.7 Å². The maximum atomic E-state index is 13.9. The Morgan fingerprint density at radius 1 is 1.11 bits per heavy atom. The first-order valence-corrected chi connectivity index (χ1v) is 9.14. The van der Waals surface area contributed by atoms with Gasteiger partial charge in [0.15, 0.2) is 5.11 Å². The third-order valence-corrected chi connectivity index (χ3v) is 4.68. The number of para-hydroxylation sites is 1. The molecular weight excluding hydrogens is 375 g/mol. The molecule has 3 aromatic carbocycles. The topological polar surface area (TPSA) is 44.7 Å². The van der Waals surface area contributed by atoms with Gasteiger partial charge in [-0.05, 0) is 55.0 Å². The minimum Gasteiger partial charge on any atom is -0.508 e. The summed E-state index contributed by atoms with van der Waals surface area (Å²) in [6.45, 7) is 2.04. The summed E-state index contributed by atoms with van der Waals surface area (Å²) in [5.41, 5.74) is 2.62. The number of thiocarbonyl (C=S) groups is 1. The SMILES string of the molecule is COc1cccc(N(Cc2ccccc2O)C(=S)Nc2ccc(C)c(F)c2)c1. The average molecular weight is 396 g/mol. The van der Waals surface area contributed by atoms with Crippen molar-refractivity contribution in [1.29, 1.82) is 0 Å². The van der Waals surface area contributed by atoms with Gasteiger partial charge in [0.25, 0.3) is 0 Å². The molecular formula is C22H21FN2O2S. The van der Waals surface area contributed by atoms with E-state index >= 15 is 0 Å². The van der Waals surface area contributed by atoms with Gasteiger partial charge in [0.05, 0.1) is 13.7 Å². The molecule has 4 nitrogen and oxygen atoms in total. The lowest BCUT2D eigenvalue weighted by Gasteiger charge is -2.27. The Bertz CT molecular complexity index is 994. The molecule has 0 amide bonds. The maximum absolute atomic E-state index is 13.9. The first-order valence-electron chi connectivity index (χ1n) is 8.73. The zero-order valence-electron chi connectivity index (χ0n) is 15.6. The summed E-state index contributed by atoms with van der Waals surface area (Å²) in [5, 5.41) is 13.6. The smallest absolute Gasteiger partial charge is 0.178 e. The van der Waals surface area contributed by atoms with Gasteiger partial charge in [-0.3, -0.25) is 0 Å². The molecule has 0 aliphatic heterocycles.